The van der Waals surface area contributed by atoms with Crippen molar-refractivity contribution in [1.82, 2.24) is 9.62 Å². The number of hydrogen-bond acceptors (Lipinski definition) is 3. The molecule has 0 saturated carbocycles. The highest BCUT2D eigenvalue weighted by Crippen LogP contribution is 2.17. The van der Waals surface area contributed by atoms with E-state index in [1.54, 1.807) is 30.3 Å². The van der Waals surface area contributed by atoms with Gasteiger partial charge in [0.25, 0.3) is 0 Å². The number of hydrogen-bond donors (Lipinski definition) is 1. The van der Waals surface area contributed by atoms with Crippen molar-refractivity contribution in [2.24, 2.45) is 5.92 Å². The monoisotopic (exact) mass is 324 g/mol. The van der Waals surface area contributed by atoms with Gasteiger partial charge in [-0.05, 0) is 31.4 Å². The first kappa shape index (κ1) is 17.0. The molecule has 0 aliphatic carbocycles. The second-order valence-corrected chi connectivity index (χ2v) is 7.56. The normalized spacial score (nSPS) is 18.2. The van der Waals surface area contributed by atoms with Crippen LogP contribution in [-0.2, 0) is 14.8 Å². The standard InChI is InChI=1S/C16H24N2O3S/c1-3-13(2)16(19)18-11-9-14(10-12-18)17-22(20,21)15-7-5-4-6-8-15/h4-8,13-14,17H,3,9-12H2,1-2H3. The molecule has 5 nitrogen and oxygen atoms in total. The summed E-state index contributed by atoms with van der Waals surface area (Å²) in [6.45, 7) is 5.17. The van der Waals surface area contributed by atoms with Crippen molar-refractivity contribution in [2.75, 3.05) is 13.1 Å². The van der Waals surface area contributed by atoms with Crippen molar-refractivity contribution in [3.05, 3.63) is 30.3 Å². The Balaban J connectivity index is 1.92. The molecular formula is C16H24N2O3S. The number of rotatable bonds is 5. The zero-order valence-electron chi connectivity index (χ0n) is 13.2. The molecule has 2 rings (SSSR count). The molecule has 0 bridgehead atoms. The van der Waals surface area contributed by atoms with Crippen LogP contribution in [0.15, 0.2) is 35.2 Å². The molecule has 1 aliphatic heterocycles. The van der Waals surface area contributed by atoms with Gasteiger partial charge in [0, 0.05) is 25.0 Å². The molecule has 1 N–H and O–H groups in total. The number of carbonyl (C=O) groups is 1. The van der Waals surface area contributed by atoms with Crippen LogP contribution in [0.5, 0.6) is 0 Å². The SMILES string of the molecule is CCC(C)C(=O)N1CCC(NS(=O)(=O)c2ccccc2)CC1. The highest BCUT2D eigenvalue weighted by Gasteiger charge is 2.27. The number of benzene rings is 1. The summed E-state index contributed by atoms with van der Waals surface area (Å²) in [6.07, 6.45) is 2.15. The van der Waals surface area contributed by atoms with E-state index >= 15 is 0 Å². The summed E-state index contributed by atoms with van der Waals surface area (Å²) >= 11 is 0. The molecule has 6 heteroatoms. The van der Waals surface area contributed by atoms with E-state index in [0.717, 1.165) is 6.42 Å². The van der Waals surface area contributed by atoms with Crippen molar-refractivity contribution < 1.29 is 13.2 Å². The molecule has 1 aromatic carbocycles. The van der Waals surface area contributed by atoms with Gasteiger partial charge in [0.15, 0.2) is 0 Å². The van der Waals surface area contributed by atoms with E-state index in [1.807, 2.05) is 18.7 Å². The highest BCUT2D eigenvalue weighted by molar-refractivity contribution is 7.89. The van der Waals surface area contributed by atoms with Crippen LogP contribution in [0.4, 0.5) is 0 Å². The van der Waals surface area contributed by atoms with Crippen LogP contribution in [0.3, 0.4) is 0 Å². The fourth-order valence-corrected chi connectivity index (χ4v) is 3.92. The Bertz CT molecular complexity index is 593. The predicted molar refractivity (Wildman–Crippen MR) is 85.8 cm³/mol. The number of likely N-dealkylation sites (tertiary alicyclic amines) is 1. The lowest BCUT2D eigenvalue weighted by molar-refractivity contribution is -0.136. The third-order valence-corrected chi connectivity index (χ3v) is 5.75. The van der Waals surface area contributed by atoms with Crippen LogP contribution in [0.2, 0.25) is 0 Å². The lowest BCUT2D eigenvalue weighted by atomic mass is 10.0. The molecule has 1 aliphatic rings. The number of piperidine rings is 1. The van der Waals surface area contributed by atoms with Crippen LogP contribution in [0.1, 0.15) is 33.1 Å². The lowest BCUT2D eigenvalue weighted by Gasteiger charge is -2.33. The summed E-state index contributed by atoms with van der Waals surface area (Å²) < 4.78 is 27.3. The maximum absolute atomic E-state index is 12.3. The molecule has 1 fully saturated rings. The Morgan fingerprint density at radius 2 is 1.86 bits per heavy atom. The van der Waals surface area contributed by atoms with Gasteiger partial charge >= 0.3 is 0 Å². The van der Waals surface area contributed by atoms with Crippen LogP contribution in [0.25, 0.3) is 0 Å². The Morgan fingerprint density at radius 3 is 2.41 bits per heavy atom. The average molecular weight is 324 g/mol. The van der Waals surface area contributed by atoms with Crippen molar-refractivity contribution in [3.63, 3.8) is 0 Å². The Morgan fingerprint density at radius 1 is 1.27 bits per heavy atom. The Hall–Kier alpha value is -1.40. The first-order chi connectivity index (χ1) is 10.4. The maximum Gasteiger partial charge on any atom is 0.240 e. The molecule has 1 atom stereocenters. The zero-order chi connectivity index (χ0) is 16.2. The second kappa shape index (κ2) is 7.24. The van der Waals surface area contributed by atoms with E-state index in [-0.39, 0.29) is 22.8 Å². The predicted octanol–water partition coefficient (Wildman–Crippen LogP) is 2.00. The van der Waals surface area contributed by atoms with Crippen molar-refractivity contribution in [3.8, 4) is 0 Å². The first-order valence-electron chi connectivity index (χ1n) is 7.80. The summed E-state index contributed by atoms with van der Waals surface area (Å²) in [7, 11) is -3.47. The van der Waals surface area contributed by atoms with Crippen molar-refractivity contribution in [2.45, 2.75) is 44.0 Å². The van der Waals surface area contributed by atoms with Gasteiger partial charge in [0.2, 0.25) is 15.9 Å². The fourth-order valence-electron chi connectivity index (χ4n) is 2.59. The lowest BCUT2D eigenvalue weighted by Crippen LogP contribution is -2.47. The van der Waals surface area contributed by atoms with Crippen molar-refractivity contribution in [1.29, 1.82) is 0 Å². The number of nitrogens with zero attached hydrogens (tertiary/aromatic N) is 1. The molecule has 122 valence electrons. The molecule has 22 heavy (non-hydrogen) atoms. The quantitative estimate of drug-likeness (QED) is 0.901. The van der Waals surface area contributed by atoms with Crippen LogP contribution in [0, 0.1) is 5.92 Å². The molecule has 0 spiro atoms. The summed E-state index contributed by atoms with van der Waals surface area (Å²) in [5.74, 6) is 0.212. The summed E-state index contributed by atoms with van der Waals surface area (Å²) in [4.78, 5) is 14.3. The highest BCUT2D eigenvalue weighted by atomic mass is 32.2. The molecule has 1 aromatic rings. The number of nitrogens with one attached hydrogen (secondary N) is 1. The van der Waals surface area contributed by atoms with E-state index in [1.165, 1.54) is 0 Å². The topological polar surface area (TPSA) is 66.5 Å². The van der Waals surface area contributed by atoms with Gasteiger partial charge in [-0.2, -0.15) is 0 Å². The molecular weight excluding hydrogens is 300 g/mol. The van der Waals surface area contributed by atoms with Gasteiger partial charge in [-0.25, -0.2) is 13.1 Å². The van der Waals surface area contributed by atoms with Gasteiger partial charge in [-0.15, -0.1) is 0 Å². The van der Waals surface area contributed by atoms with Gasteiger partial charge in [-0.1, -0.05) is 32.0 Å². The van der Waals surface area contributed by atoms with Gasteiger partial charge in [-0.3, -0.25) is 4.79 Å². The van der Waals surface area contributed by atoms with E-state index < -0.39 is 10.0 Å². The maximum atomic E-state index is 12.3. The van der Waals surface area contributed by atoms with E-state index in [4.69, 9.17) is 0 Å². The largest absolute Gasteiger partial charge is 0.342 e. The minimum Gasteiger partial charge on any atom is -0.342 e. The third kappa shape index (κ3) is 4.08. The second-order valence-electron chi connectivity index (χ2n) is 5.84. The van der Waals surface area contributed by atoms with Gasteiger partial charge in [0.05, 0.1) is 4.90 Å². The molecule has 1 unspecified atom stereocenters. The minimum atomic E-state index is -3.47. The number of amides is 1. The smallest absolute Gasteiger partial charge is 0.240 e. The minimum absolute atomic E-state index is 0.0394. The van der Waals surface area contributed by atoms with E-state index in [9.17, 15) is 13.2 Å². The third-order valence-electron chi connectivity index (χ3n) is 4.22. The van der Waals surface area contributed by atoms with Crippen molar-refractivity contribution >= 4 is 15.9 Å². The van der Waals surface area contributed by atoms with Gasteiger partial charge in [0.1, 0.15) is 0 Å². The van der Waals surface area contributed by atoms with E-state index in [2.05, 4.69) is 4.72 Å². The summed E-state index contributed by atoms with van der Waals surface area (Å²) in [5, 5.41) is 0. The number of sulfonamides is 1. The zero-order valence-corrected chi connectivity index (χ0v) is 14.0. The first-order valence-corrected chi connectivity index (χ1v) is 9.28. The summed E-state index contributed by atoms with van der Waals surface area (Å²) in [5.41, 5.74) is 0. The Labute approximate surface area is 132 Å². The van der Waals surface area contributed by atoms with Crippen LogP contribution >= 0.6 is 0 Å². The average Bonchev–Trinajstić information content (AvgIpc) is 2.54. The fraction of sp³-hybridized carbons (Fsp3) is 0.562. The molecule has 1 heterocycles. The number of carbonyl (C=O) groups excluding carboxylic acids is 1. The molecule has 0 radical (unpaired) electrons. The molecule has 1 saturated heterocycles. The molecule has 1 amide bonds. The van der Waals surface area contributed by atoms with E-state index in [0.29, 0.717) is 25.9 Å². The van der Waals surface area contributed by atoms with Crippen LogP contribution in [-0.4, -0.2) is 38.4 Å². The summed E-state index contributed by atoms with van der Waals surface area (Å²) in [6, 6.07) is 8.28. The van der Waals surface area contributed by atoms with Crippen LogP contribution < -0.4 is 4.72 Å². The molecule has 0 aromatic heterocycles. The Kier molecular flexibility index (Phi) is 5.58. The van der Waals surface area contributed by atoms with Gasteiger partial charge < -0.3 is 4.90 Å².